The van der Waals surface area contributed by atoms with Gasteiger partial charge in [-0.2, -0.15) is 0 Å². The zero-order chi connectivity index (χ0) is 13.7. The van der Waals surface area contributed by atoms with Gasteiger partial charge in [-0.15, -0.1) is 0 Å². The van der Waals surface area contributed by atoms with E-state index in [1.807, 2.05) is 0 Å². The van der Waals surface area contributed by atoms with Crippen LogP contribution in [0.25, 0.3) is 0 Å². The standard InChI is InChI=1S/C17H27NO/c1-4-10-18(11-5-2)16-8-6-14-7-9-17(19-3)13-15(14)12-16/h7,9,13,16H,4-6,8,10-12H2,1-3H3. The zero-order valence-corrected chi connectivity index (χ0v) is 12.6. The molecule has 19 heavy (non-hydrogen) atoms. The first-order valence-electron chi connectivity index (χ1n) is 7.68. The summed E-state index contributed by atoms with van der Waals surface area (Å²) in [6.07, 6.45) is 6.21. The van der Waals surface area contributed by atoms with E-state index in [4.69, 9.17) is 4.74 Å². The van der Waals surface area contributed by atoms with Gasteiger partial charge in [-0.05, 0) is 68.5 Å². The maximum atomic E-state index is 5.36. The number of hydrogen-bond acceptors (Lipinski definition) is 2. The molecule has 0 aromatic heterocycles. The van der Waals surface area contributed by atoms with Crippen LogP contribution in [0, 0.1) is 0 Å². The topological polar surface area (TPSA) is 12.5 Å². The summed E-state index contributed by atoms with van der Waals surface area (Å²) in [5.74, 6) is 0.997. The second-order valence-corrected chi connectivity index (χ2v) is 5.57. The van der Waals surface area contributed by atoms with Crippen LogP contribution >= 0.6 is 0 Å². The first-order chi connectivity index (χ1) is 9.28. The number of aryl methyl sites for hydroxylation is 1. The van der Waals surface area contributed by atoms with Gasteiger partial charge in [0, 0.05) is 6.04 Å². The SMILES string of the molecule is CCCN(CCC)C1CCc2ccc(OC)cc2C1. The van der Waals surface area contributed by atoms with Crippen molar-refractivity contribution >= 4 is 0 Å². The second kappa shape index (κ2) is 6.95. The smallest absolute Gasteiger partial charge is 0.119 e. The Labute approximate surface area is 117 Å². The first-order valence-corrected chi connectivity index (χ1v) is 7.68. The molecule has 1 aromatic rings. The van der Waals surface area contributed by atoms with Crippen molar-refractivity contribution in [3.8, 4) is 5.75 Å². The fourth-order valence-corrected chi connectivity index (χ4v) is 3.20. The van der Waals surface area contributed by atoms with E-state index in [2.05, 4.69) is 36.9 Å². The van der Waals surface area contributed by atoms with Gasteiger partial charge in [-0.3, -0.25) is 0 Å². The summed E-state index contributed by atoms with van der Waals surface area (Å²) in [5.41, 5.74) is 3.01. The van der Waals surface area contributed by atoms with E-state index in [-0.39, 0.29) is 0 Å². The van der Waals surface area contributed by atoms with Crippen LogP contribution in [0.2, 0.25) is 0 Å². The average molecular weight is 261 g/mol. The summed E-state index contributed by atoms with van der Waals surface area (Å²) in [6.45, 7) is 7.03. The van der Waals surface area contributed by atoms with Crippen LogP contribution < -0.4 is 4.74 Å². The number of hydrogen-bond donors (Lipinski definition) is 0. The minimum atomic E-state index is 0.722. The summed E-state index contributed by atoms with van der Waals surface area (Å²) in [7, 11) is 1.75. The van der Waals surface area contributed by atoms with Gasteiger partial charge >= 0.3 is 0 Å². The van der Waals surface area contributed by atoms with Gasteiger partial charge in [0.25, 0.3) is 0 Å². The third-order valence-electron chi connectivity index (χ3n) is 4.15. The molecule has 2 nitrogen and oxygen atoms in total. The molecule has 2 heteroatoms. The van der Waals surface area contributed by atoms with Crippen molar-refractivity contribution in [3.63, 3.8) is 0 Å². The fraction of sp³-hybridized carbons (Fsp3) is 0.647. The Morgan fingerprint density at radius 3 is 2.53 bits per heavy atom. The molecule has 2 rings (SSSR count). The third-order valence-corrected chi connectivity index (χ3v) is 4.15. The monoisotopic (exact) mass is 261 g/mol. The first kappa shape index (κ1) is 14.4. The quantitative estimate of drug-likeness (QED) is 0.774. The number of fused-ring (bicyclic) bond motifs is 1. The largest absolute Gasteiger partial charge is 0.497 e. The van der Waals surface area contributed by atoms with Crippen LogP contribution in [-0.2, 0) is 12.8 Å². The Morgan fingerprint density at radius 2 is 1.89 bits per heavy atom. The predicted octanol–water partition coefficient (Wildman–Crippen LogP) is 3.67. The molecule has 0 spiro atoms. The van der Waals surface area contributed by atoms with Crippen LogP contribution in [0.4, 0.5) is 0 Å². The fourth-order valence-electron chi connectivity index (χ4n) is 3.20. The molecule has 1 aliphatic carbocycles. The van der Waals surface area contributed by atoms with Crippen molar-refractivity contribution in [1.82, 2.24) is 4.90 Å². The zero-order valence-electron chi connectivity index (χ0n) is 12.6. The van der Waals surface area contributed by atoms with E-state index in [9.17, 15) is 0 Å². The highest BCUT2D eigenvalue weighted by atomic mass is 16.5. The number of rotatable bonds is 6. The molecule has 0 saturated heterocycles. The van der Waals surface area contributed by atoms with Gasteiger partial charge in [-0.1, -0.05) is 19.9 Å². The lowest BCUT2D eigenvalue weighted by Gasteiger charge is -2.35. The van der Waals surface area contributed by atoms with Gasteiger partial charge in [0.1, 0.15) is 5.75 Å². The highest BCUT2D eigenvalue weighted by Crippen LogP contribution is 2.28. The lowest BCUT2D eigenvalue weighted by molar-refractivity contribution is 0.180. The molecule has 0 amide bonds. The summed E-state index contributed by atoms with van der Waals surface area (Å²) in [4.78, 5) is 2.68. The Bertz CT molecular complexity index is 396. The molecule has 0 heterocycles. The van der Waals surface area contributed by atoms with Crippen molar-refractivity contribution in [2.75, 3.05) is 20.2 Å². The van der Waals surface area contributed by atoms with Crippen LogP contribution in [-0.4, -0.2) is 31.1 Å². The van der Waals surface area contributed by atoms with Crippen molar-refractivity contribution in [2.45, 2.75) is 52.0 Å². The van der Waals surface area contributed by atoms with E-state index in [1.165, 1.54) is 56.3 Å². The molecule has 106 valence electrons. The molecular weight excluding hydrogens is 234 g/mol. The van der Waals surface area contributed by atoms with E-state index >= 15 is 0 Å². The molecule has 0 fully saturated rings. The van der Waals surface area contributed by atoms with Gasteiger partial charge in [0.15, 0.2) is 0 Å². The summed E-state index contributed by atoms with van der Waals surface area (Å²) in [5, 5.41) is 0. The molecule has 0 radical (unpaired) electrons. The molecule has 1 atom stereocenters. The van der Waals surface area contributed by atoms with E-state index in [0.717, 1.165) is 11.8 Å². The Morgan fingerprint density at radius 1 is 1.16 bits per heavy atom. The summed E-state index contributed by atoms with van der Waals surface area (Å²) >= 11 is 0. The predicted molar refractivity (Wildman–Crippen MR) is 81.0 cm³/mol. The van der Waals surface area contributed by atoms with E-state index in [0.29, 0.717) is 0 Å². The normalized spacial score (nSPS) is 18.4. The molecule has 0 saturated carbocycles. The molecule has 0 N–H and O–H groups in total. The maximum absolute atomic E-state index is 5.36. The van der Waals surface area contributed by atoms with Crippen molar-refractivity contribution in [3.05, 3.63) is 29.3 Å². The summed E-state index contributed by atoms with van der Waals surface area (Å²) < 4.78 is 5.36. The van der Waals surface area contributed by atoms with Crippen molar-refractivity contribution in [2.24, 2.45) is 0 Å². The van der Waals surface area contributed by atoms with Gasteiger partial charge < -0.3 is 9.64 Å². The number of ether oxygens (including phenoxy) is 1. The molecule has 1 aromatic carbocycles. The minimum Gasteiger partial charge on any atom is -0.497 e. The number of nitrogens with zero attached hydrogens (tertiary/aromatic N) is 1. The molecular formula is C17H27NO. The molecule has 1 unspecified atom stereocenters. The van der Waals surface area contributed by atoms with Gasteiger partial charge in [0.05, 0.1) is 7.11 Å². The number of benzene rings is 1. The lowest BCUT2D eigenvalue weighted by atomic mass is 9.87. The van der Waals surface area contributed by atoms with Crippen molar-refractivity contribution < 1.29 is 4.74 Å². The molecule has 0 aliphatic heterocycles. The Hall–Kier alpha value is -1.02. The van der Waals surface area contributed by atoms with Crippen LogP contribution in [0.1, 0.15) is 44.2 Å². The minimum absolute atomic E-state index is 0.722. The molecule has 1 aliphatic rings. The van der Waals surface area contributed by atoms with Crippen LogP contribution in [0.5, 0.6) is 5.75 Å². The molecule has 0 bridgehead atoms. The maximum Gasteiger partial charge on any atom is 0.119 e. The van der Waals surface area contributed by atoms with E-state index < -0.39 is 0 Å². The number of methoxy groups -OCH3 is 1. The van der Waals surface area contributed by atoms with Gasteiger partial charge in [0.2, 0.25) is 0 Å². The Balaban J connectivity index is 2.10. The highest BCUT2D eigenvalue weighted by Gasteiger charge is 2.23. The highest BCUT2D eigenvalue weighted by molar-refractivity contribution is 5.37. The average Bonchev–Trinajstić information content (AvgIpc) is 2.46. The lowest BCUT2D eigenvalue weighted by Crippen LogP contribution is -2.40. The second-order valence-electron chi connectivity index (χ2n) is 5.57. The van der Waals surface area contributed by atoms with Crippen LogP contribution in [0.15, 0.2) is 18.2 Å². The third kappa shape index (κ3) is 3.50. The Kier molecular flexibility index (Phi) is 5.26. The summed E-state index contributed by atoms with van der Waals surface area (Å²) in [6, 6.07) is 7.29. The van der Waals surface area contributed by atoms with Crippen molar-refractivity contribution in [1.29, 1.82) is 0 Å². The van der Waals surface area contributed by atoms with E-state index in [1.54, 1.807) is 7.11 Å². The van der Waals surface area contributed by atoms with Gasteiger partial charge in [-0.25, -0.2) is 0 Å². The van der Waals surface area contributed by atoms with Crippen LogP contribution in [0.3, 0.4) is 0 Å².